The van der Waals surface area contributed by atoms with Crippen LogP contribution < -0.4 is 11.1 Å². The first-order valence-electron chi connectivity index (χ1n) is 6.90. The highest BCUT2D eigenvalue weighted by atomic mass is 32.1. The predicted octanol–water partition coefficient (Wildman–Crippen LogP) is 1.74. The normalized spacial score (nSPS) is 23.2. The topological polar surface area (TPSA) is 58.4 Å². The van der Waals surface area contributed by atoms with Crippen LogP contribution in [0.15, 0.2) is 16.8 Å². The minimum Gasteiger partial charge on any atom is -0.352 e. The molecule has 19 heavy (non-hydrogen) atoms. The molecule has 2 heterocycles. The molecule has 0 aromatic carbocycles. The van der Waals surface area contributed by atoms with Crippen LogP contribution in [0.1, 0.15) is 38.3 Å². The Labute approximate surface area is 119 Å². The molecule has 1 aromatic heterocycles. The molecule has 1 amide bonds. The van der Waals surface area contributed by atoms with Crippen LogP contribution >= 0.6 is 11.3 Å². The molecule has 106 valence electrons. The third kappa shape index (κ3) is 3.55. The van der Waals surface area contributed by atoms with Crippen molar-refractivity contribution >= 4 is 17.2 Å². The number of rotatable bonds is 5. The molecule has 5 heteroatoms. The molecule has 1 aromatic rings. The maximum absolute atomic E-state index is 11.1. The maximum Gasteiger partial charge on any atom is 0.217 e. The number of thiophene rings is 1. The Hall–Kier alpha value is -0.910. The molecule has 0 radical (unpaired) electrons. The van der Waals surface area contributed by atoms with Crippen molar-refractivity contribution in [2.24, 2.45) is 5.73 Å². The van der Waals surface area contributed by atoms with Gasteiger partial charge in [0, 0.05) is 32.1 Å². The summed E-state index contributed by atoms with van der Waals surface area (Å²) < 4.78 is 0. The number of hydrogen-bond acceptors (Lipinski definition) is 4. The van der Waals surface area contributed by atoms with Crippen molar-refractivity contribution in [1.29, 1.82) is 0 Å². The SMILES string of the molecule is CCC(N)C(c1ccsc1)N1CCC(NC(C)=O)C1. The summed E-state index contributed by atoms with van der Waals surface area (Å²) in [6, 6.07) is 2.85. The molecule has 3 atom stereocenters. The van der Waals surface area contributed by atoms with Crippen molar-refractivity contribution in [3.05, 3.63) is 22.4 Å². The Bertz CT molecular complexity index is 407. The standard InChI is InChI=1S/C14H23N3OS/c1-3-13(15)14(11-5-7-19-9-11)17-6-4-12(8-17)16-10(2)18/h5,7,9,12-14H,3-4,6,8,15H2,1-2H3,(H,16,18). The molecule has 0 bridgehead atoms. The number of amides is 1. The highest BCUT2D eigenvalue weighted by Crippen LogP contribution is 2.30. The van der Waals surface area contributed by atoms with E-state index in [0.717, 1.165) is 25.9 Å². The van der Waals surface area contributed by atoms with E-state index in [-0.39, 0.29) is 24.0 Å². The van der Waals surface area contributed by atoms with Crippen LogP contribution in [0, 0.1) is 0 Å². The van der Waals surface area contributed by atoms with Gasteiger partial charge in [0.2, 0.25) is 5.91 Å². The lowest BCUT2D eigenvalue weighted by atomic mass is 9.99. The molecular weight excluding hydrogens is 258 g/mol. The van der Waals surface area contributed by atoms with Gasteiger partial charge in [-0.3, -0.25) is 9.69 Å². The number of nitrogens with one attached hydrogen (secondary N) is 1. The summed E-state index contributed by atoms with van der Waals surface area (Å²) in [5.41, 5.74) is 7.62. The molecule has 3 N–H and O–H groups in total. The second-order valence-electron chi connectivity index (χ2n) is 5.25. The Balaban J connectivity index is 2.06. The molecule has 0 saturated carbocycles. The summed E-state index contributed by atoms with van der Waals surface area (Å²) in [7, 11) is 0. The van der Waals surface area contributed by atoms with Crippen LogP contribution in [-0.2, 0) is 4.79 Å². The van der Waals surface area contributed by atoms with Gasteiger partial charge in [-0.25, -0.2) is 0 Å². The Morgan fingerprint density at radius 2 is 2.47 bits per heavy atom. The van der Waals surface area contributed by atoms with Crippen LogP contribution in [-0.4, -0.2) is 36.0 Å². The second-order valence-corrected chi connectivity index (χ2v) is 6.03. The third-order valence-corrected chi connectivity index (χ3v) is 4.48. The second kappa shape index (κ2) is 6.50. The van der Waals surface area contributed by atoms with E-state index >= 15 is 0 Å². The zero-order chi connectivity index (χ0) is 13.8. The largest absolute Gasteiger partial charge is 0.352 e. The van der Waals surface area contributed by atoms with Crippen molar-refractivity contribution in [3.63, 3.8) is 0 Å². The quantitative estimate of drug-likeness (QED) is 0.864. The van der Waals surface area contributed by atoms with Crippen molar-refractivity contribution < 1.29 is 4.79 Å². The molecule has 3 unspecified atom stereocenters. The van der Waals surface area contributed by atoms with E-state index in [1.54, 1.807) is 18.3 Å². The first kappa shape index (κ1) is 14.5. The van der Waals surface area contributed by atoms with Crippen molar-refractivity contribution in [2.45, 2.75) is 44.8 Å². The number of carbonyl (C=O) groups is 1. The lowest BCUT2D eigenvalue weighted by molar-refractivity contribution is -0.119. The van der Waals surface area contributed by atoms with Gasteiger partial charge >= 0.3 is 0 Å². The Morgan fingerprint density at radius 1 is 1.68 bits per heavy atom. The molecule has 4 nitrogen and oxygen atoms in total. The van der Waals surface area contributed by atoms with Gasteiger partial charge in [0.25, 0.3) is 0 Å². The van der Waals surface area contributed by atoms with E-state index in [1.807, 2.05) is 0 Å². The number of nitrogens with two attached hydrogens (primary N) is 1. The van der Waals surface area contributed by atoms with E-state index in [2.05, 4.69) is 34.0 Å². The highest BCUT2D eigenvalue weighted by molar-refractivity contribution is 7.07. The van der Waals surface area contributed by atoms with E-state index in [9.17, 15) is 4.79 Å². The average molecular weight is 281 g/mol. The van der Waals surface area contributed by atoms with E-state index in [0.29, 0.717) is 0 Å². The van der Waals surface area contributed by atoms with Crippen molar-refractivity contribution in [1.82, 2.24) is 10.2 Å². The first-order valence-corrected chi connectivity index (χ1v) is 7.85. The summed E-state index contributed by atoms with van der Waals surface area (Å²) in [5.74, 6) is 0.0544. The van der Waals surface area contributed by atoms with Crippen LogP contribution in [0.3, 0.4) is 0 Å². The van der Waals surface area contributed by atoms with Gasteiger partial charge in [0.1, 0.15) is 0 Å². The van der Waals surface area contributed by atoms with Crippen molar-refractivity contribution in [2.75, 3.05) is 13.1 Å². The van der Waals surface area contributed by atoms with Gasteiger partial charge in [-0.1, -0.05) is 6.92 Å². The number of nitrogens with zero attached hydrogens (tertiary/aromatic N) is 1. The Morgan fingerprint density at radius 3 is 3.05 bits per heavy atom. The number of hydrogen-bond donors (Lipinski definition) is 2. The lowest BCUT2D eigenvalue weighted by Crippen LogP contribution is -2.42. The first-order chi connectivity index (χ1) is 9.11. The van der Waals surface area contributed by atoms with Gasteiger partial charge in [-0.15, -0.1) is 0 Å². The van der Waals surface area contributed by atoms with Crippen molar-refractivity contribution in [3.8, 4) is 0 Å². The Kier molecular flexibility index (Phi) is 4.96. The molecule has 1 aliphatic rings. The zero-order valence-electron chi connectivity index (χ0n) is 11.6. The average Bonchev–Trinajstić information content (AvgIpc) is 3.01. The fraction of sp³-hybridized carbons (Fsp3) is 0.643. The van der Waals surface area contributed by atoms with Gasteiger partial charge in [-0.05, 0) is 35.2 Å². The van der Waals surface area contributed by atoms with Crippen LogP contribution in [0.4, 0.5) is 0 Å². The van der Waals surface area contributed by atoms with Gasteiger partial charge in [0.05, 0.1) is 6.04 Å². The van der Waals surface area contributed by atoms with Crippen LogP contribution in [0.25, 0.3) is 0 Å². The fourth-order valence-electron chi connectivity index (χ4n) is 2.84. The summed E-state index contributed by atoms with van der Waals surface area (Å²) in [6.07, 6.45) is 1.97. The maximum atomic E-state index is 11.1. The molecule has 0 spiro atoms. The van der Waals surface area contributed by atoms with E-state index in [1.165, 1.54) is 5.56 Å². The minimum absolute atomic E-state index is 0.0544. The molecule has 1 saturated heterocycles. The molecule has 1 aliphatic heterocycles. The number of carbonyl (C=O) groups excluding carboxylic acids is 1. The van der Waals surface area contributed by atoms with Gasteiger partial charge in [-0.2, -0.15) is 11.3 Å². The monoisotopic (exact) mass is 281 g/mol. The van der Waals surface area contributed by atoms with Crippen LogP contribution in [0.5, 0.6) is 0 Å². The molecule has 1 fully saturated rings. The third-order valence-electron chi connectivity index (χ3n) is 3.78. The van der Waals surface area contributed by atoms with E-state index < -0.39 is 0 Å². The summed E-state index contributed by atoms with van der Waals surface area (Å²) >= 11 is 1.71. The zero-order valence-corrected chi connectivity index (χ0v) is 12.5. The minimum atomic E-state index is 0.0544. The fourth-order valence-corrected chi connectivity index (χ4v) is 3.53. The van der Waals surface area contributed by atoms with Crippen LogP contribution in [0.2, 0.25) is 0 Å². The molecule has 2 rings (SSSR count). The smallest absolute Gasteiger partial charge is 0.217 e. The number of likely N-dealkylation sites (tertiary alicyclic amines) is 1. The predicted molar refractivity (Wildman–Crippen MR) is 79.1 cm³/mol. The summed E-state index contributed by atoms with van der Waals surface area (Å²) in [4.78, 5) is 13.6. The molecule has 0 aliphatic carbocycles. The van der Waals surface area contributed by atoms with Gasteiger partial charge < -0.3 is 11.1 Å². The molecular formula is C14H23N3OS. The summed E-state index contributed by atoms with van der Waals surface area (Å²) in [6.45, 7) is 5.61. The van der Waals surface area contributed by atoms with Gasteiger partial charge in [0.15, 0.2) is 0 Å². The highest BCUT2D eigenvalue weighted by Gasteiger charge is 2.32. The summed E-state index contributed by atoms with van der Waals surface area (Å²) in [5, 5.41) is 7.30. The lowest BCUT2D eigenvalue weighted by Gasteiger charge is -2.32. The van der Waals surface area contributed by atoms with E-state index in [4.69, 9.17) is 5.73 Å².